The molecule has 2 aromatic carbocycles. The van der Waals surface area contributed by atoms with Crippen molar-refractivity contribution >= 4 is 17.5 Å². The van der Waals surface area contributed by atoms with Crippen LogP contribution in [-0.2, 0) is 10.2 Å². The van der Waals surface area contributed by atoms with Crippen LogP contribution in [0.25, 0.3) is 0 Å². The van der Waals surface area contributed by atoms with Crippen LogP contribution in [0.2, 0.25) is 5.02 Å². The van der Waals surface area contributed by atoms with Crippen LogP contribution in [0.1, 0.15) is 19.4 Å². The molecule has 0 aliphatic carbocycles. The Morgan fingerprint density at radius 3 is 2.21 bits per heavy atom. The van der Waals surface area contributed by atoms with Gasteiger partial charge in [-0.2, -0.15) is 0 Å². The highest BCUT2D eigenvalue weighted by Crippen LogP contribution is 2.24. The molecule has 0 saturated carbocycles. The summed E-state index contributed by atoms with van der Waals surface area (Å²) in [6.45, 7) is 4.65. The standard InChI is InChI=1S/C19H22ClNO3/c1-19(2,14-4-8-16(23-3)9-5-14)13-21-18(22)12-24-17-10-6-15(20)7-11-17/h4-11H,12-13H2,1-3H3,(H,21,22). The molecule has 5 heteroatoms. The van der Waals surface area contributed by atoms with Gasteiger partial charge < -0.3 is 14.8 Å². The highest BCUT2D eigenvalue weighted by Gasteiger charge is 2.21. The van der Waals surface area contributed by atoms with E-state index in [-0.39, 0.29) is 17.9 Å². The third-order valence-electron chi connectivity index (χ3n) is 3.78. The fraction of sp³-hybridized carbons (Fsp3) is 0.316. The number of halogens is 1. The van der Waals surface area contributed by atoms with Crippen LogP contribution in [0.4, 0.5) is 0 Å². The second-order valence-electron chi connectivity index (χ2n) is 6.13. The first-order chi connectivity index (χ1) is 11.4. The molecule has 0 fully saturated rings. The fourth-order valence-electron chi connectivity index (χ4n) is 2.19. The SMILES string of the molecule is COc1ccc(C(C)(C)CNC(=O)COc2ccc(Cl)cc2)cc1. The zero-order valence-corrected chi connectivity index (χ0v) is 14.9. The molecule has 0 aliphatic rings. The maximum Gasteiger partial charge on any atom is 0.257 e. The van der Waals surface area contributed by atoms with E-state index in [1.54, 1.807) is 31.4 Å². The number of carbonyl (C=O) groups is 1. The fourth-order valence-corrected chi connectivity index (χ4v) is 2.32. The Bertz CT molecular complexity index is 666. The lowest BCUT2D eigenvalue weighted by molar-refractivity contribution is -0.123. The first kappa shape index (κ1) is 18.1. The summed E-state index contributed by atoms with van der Waals surface area (Å²) in [5.41, 5.74) is 0.935. The summed E-state index contributed by atoms with van der Waals surface area (Å²) in [5.74, 6) is 1.27. The quantitative estimate of drug-likeness (QED) is 0.828. The molecule has 4 nitrogen and oxygen atoms in total. The number of hydrogen-bond donors (Lipinski definition) is 1. The van der Waals surface area contributed by atoms with Crippen molar-refractivity contribution in [1.29, 1.82) is 0 Å². The summed E-state index contributed by atoms with van der Waals surface area (Å²) in [5, 5.41) is 3.54. The second kappa shape index (κ2) is 8.06. The van der Waals surface area contributed by atoms with E-state index in [0.717, 1.165) is 11.3 Å². The molecule has 0 saturated heterocycles. The van der Waals surface area contributed by atoms with Gasteiger partial charge in [0, 0.05) is 17.0 Å². The number of hydrogen-bond acceptors (Lipinski definition) is 3. The molecular weight excluding hydrogens is 326 g/mol. The summed E-state index contributed by atoms with van der Waals surface area (Å²) in [6.07, 6.45) is 0. The first-order valence-electron chi connectivity index (χ1n) is 7.70. The summed E-state index contributed by atoms with van der Waals surface area (Å²) in [4.78, 5) is 12.0. The molecular formula is C19H22ClNO3. The summed E-state index contributed by atoms with van der Waals surface area (Å²) >= 11 is 5.81. The second-order valence-corrected chi connectivity index (χ2v) is 6.57. The van der Waals surface area contributed by atoms with Crippen LogP contribution < -0.4 is 14.8 Å². The van der Waals surface area contributed by atoms with Crippen LogP contribution in [0.5, 0.6) is 11.5 Å². The van der Waals surface area contributed by atoms with Crippen molar-refractivity contribution in [3.63, 3.8) is 0 Å². The van der Waals surface area contributed by atoms with Gasteiger partial charge in [-0.15, -0.1) is 0 Å². The van der Waals surface area contributed by atoms with Crippen molar-refractivity contribution in [3.8, 4) is 11.5 Å². The van der Waals surface area contributed by atoms with Crippen molar-refractivity contribution < 1.29 is 14.3 Å². The Labute approximate surface area is 147 Å². The molecule has 0 atom stereocenters. The smallest absolute Gasteiger partial charge is 0.257 e. The van der Waals surface area contributed by atoms with Crippen LogP contribution in [0.15, 0.2) is 48.5 Å². The van der Waals surface area contributed by atoms with Gasteiger partial charge in [-0.1, -0.05) is 37.6 Å². The Hall–Kier alpha value is -2.20. The third kappa shape index (κ3) is 5.17. The summed E-state index contributed by atoms with van der Waals surface area (Å²) < 4.78 is 10.6. The lowest BCUT2D eigenvalue weighted by Crippen LogP contribution is -2.38. The van der Waals surface area contributed by atoms with Crippen molar-refractivity contribution in [1.82, 2.24) is 5.32 Å². The maximum atomic E-state index is 12.0. The lowest BCUT2D eigenvalue weighted by atomic mass is 9.84. The van der Waals surface area contributed by atoms with Crippen LogP contribution in [0, 0.1) is 0 Å². The molecule has 1 N–H and O–H groups in total. The lowest BCUT2D eigenvalue weighted by Gasteiger charge is -2.26. The molecule has 0 aromatic heterocycles. The number of nitrogens with one attached hydrogen (secondary N) is 1. The van der Waals surface area contributed by atoms with Gasteiger partial charge in [0.25, 0.3) is 5.91 Å². The summed E-state index contributed by atoms with van der Waals surface area (Å²) in [6, 6.07) is 14.8. The minimum absolute atomic E-state index is 0.0275. The predicted molar refractivity (Wildman–Crippen MR) is 96.0 cm³/mol. The van der Waals surface area contributed by atoms with Gasteiger partial charge in [0.2, 0.25) is 0 Å². The zero-order chi connectivity index (χ0) is 17.6. The molecule has 2 aromatic rings. The van der Waals surface area contributed by atoms with Crippen LogP contribution in [-0.4, -0.2) is 26.2 Å². The largest absolute Gasteiger partial charge is 0.497 e. The topological polar surface area (TPSA) is 47.6 Å². The number of rotatable bonds is 7. The van der Waals surface area contributed by atoms with Crippen molar-refractivity contribution in [2.45, 2.75) is 19.3 Å². The minimum Gasteiger partial charge on any atom is -0.497 e. The zero-order valence-electron chi connectivity index (χ0n) is 14.1. The molecule has 0 aliphatic heterocycles. The average molecular weight is 348 g/mol. The molecule has 0 unspecified atom stereocenters. The normalized spacial score (nSPS) is 11.0. The molecule has 1 amide bonds. The van der Waals surface area contributed by atoms with E-state index in [2.05, 4.69) is 19.2 Å². The molecule has 128 valence electrons. The Morgan fingerprint density at radius 1 is 1.04 bits per heavy atom. The number of amides is 1. The summed E-state index contributed by atoms with van der Waals surface area (Å²) in [7, 11) is 1.64. The Morgan fingerprint density at radius 2 is 1.62 bits per heavy atom. The molecule has 0 bridgehead atoms. The van der Waals surface area contributed by atoms with Crippen LogP contribution >= 0.6 is 11.6 Å². The van der Waals surface area contributed by atoms with E-state index in [4.69, 9.17) is 21.1 Å². The maximum absolute atomic E-state index is 12.0. The van der Waals surface area contributed by atoms with Gasteiger partial charge >= 0.3 is 0 Å². The Balaban J connectivity index is 1.83. The monoisotopic (exact) mass is 347 g/mol. The van der Waals surface area contributed by atoms with Gasteiger partial charge in [0.05, 0.1) is 7.11 Å². The van der Waals surface area contributed by atoms with Crippen molar-refractivity contribution in [2.75, 3.05) is 20.3 Å². The van der Waals surface area contributed by atoms with E-state index in [9.17, 15) is 4.79 Å². The van der Waals surface area contributed by atoms with E-state index in [1.165, 1.54) is 0 Å². The average Bonchev–Trinajstić information content (AvgIpc) is 2.59. The van der Waals surface area contributed by atoms with Crippen LogP contribution in [0.3, 0.4) is 0 Å². The van der Waals surface area contributed by atoms with Crippen molar-refractivity contribution in [2.24, 2.45) is 0 Å². The molecule has 0 heterocycles. The van der Waals surface area contributed by atoms with Gasteiger partial charge in [-0.3, -0.25) is 4.79 Å². The highest BCUT2D eigenvalue weighted by molar-refractivity contribution is 6.30. The molecule has 0 radical (unpaired) electrons. The first-order valence-corrected chi connectivity index (χ1v) is 8.08. The number of methoxy groups -OCH3 is 1. The van der Waals surface area contributed by atoms with Gasteiger partial charge in [0.15, 0.2) is 6.61 Å². The van der Waals surface area contributed by atoms with Gasteiger partial charge in [0.1, 0.15) is 11.5 Å². The van der Waals surface area contributed by atoms with Gasteiger partial charge in [-0.05, 0) is 42.0 Å². The number of carbonyl (C=O) groups excluding carboxylic acids is 1. The number of benzene rings is 2. The molecule has 24 heavy (non-hydrogen) atoms. The highest BCUT2D eigenvalue weighted by atomic mass is 35.5. The van der Waals surface area contributed by atoms with E-state index >= 15 is 0 Å². The number of ether oxygens (including phenoxy) is 2. The van der Waals surface area contributed by atoms with E-state index in [1.807, 2.05) is 24.3 Å². The molecule has 0 spiro atoms. The van der Waals surface area contributed by atoms with E-state index < -0.39 is 0 Å². The molecule has 2 rings (SSSR count). The third-order valence-corrected chi connectivity index (χ3v) is 4.03. The Kier molecular flexibility index (Phi) is 6.10. The minimum atomic E-state index is -0.192. The predicted octanol–water partition coefficient (Wildman–Crippen LogP) is 3.82. The van der Waals surface area contributed by atoms with Crippen molar-refractivity contribution in [3.05, 3.63) is 59.1 Å². The van der Waals surface area contributed by atoms with E-state index in [0.29, 0.717) is 17.3 Å². The van der Waals surface area contributed by atoms with Gasteiger partial charge in [-0.25, -0.2) is 0 Å².